The first-order valence-electron chi connectivity index (χ1n) is 5.47. The molecule has 2 rings (SSSR count). The number of nitro groups is 1. The summed E-state index contributed by atoms with van der Waals surface area (Å²) in [5.41, 5.74) is 0.493. The normalized spacial score (nSPS) is 10.3. The van der Waals surface area contributed by atoms with E-state index in [1.165, 1.54) is 30.3 Å². The Morgan fingerprint density at radius 1 is 1.25 bits per heavy atom. The summed E-state index contributed by atoms with van der Waals surface area (Å²) in [7, 11) is 0. The molecule has 4 nitrogen and oxygen atoms in total. The first-order valence-corrected chi connectivity index (χ1v) is 6.97. The third-order valence-corrected chi connectivity index (χ3v) is 3.41. The molecule has 0 N–H and O–H groups in total. The van der Waals surface area contributed by atoms with Crippen molar-refractivity contribution in [1.29, 1.82) is 0 Å². The Kier molecular flexibility index (Phi) is 4.57. The zero-order valence-electron chi connectivity index (χ0n) is 9.98. The van der Waals surface area contributed by atoms with E-state index in [1.54, 1.807) is 6.07 Å². The highest BCUT2D eigenvalue weighted by Gasteiger charge is 2.14. The molecule has 0 fully saturated rings. The van der Waals surface area contributed by atoms with E-state index >= 15 is 0 Å². The average molecular weight is 361 g/mol. The van der Waals surface area contributed by atoms with Gasteiger partial charge in [-0.1, -0.05) is 27.5 Å². The van der Waals surface area contributed by atoms with Gasteiger partial charge in [0.1, 0.15) is 17.3 Å². The number of alkyl halides is 1. The fourth-order valence-corrected chi connectivity index (χ4v) is 2.21. The largest absolute Gasteiger partial charge is 0.457 e. The Labute approximate surface area is 127 Å². The molecule has 0 spiro atoms. The lowest BCUT2D eigenvalue weighted by atomic mass is 10.2. The van der Waals surface area contributed by atoms with Gasteiger partial charge in [-0.05, 0) is 24.3 Å². The van der Waals surface area contributed by atoms with Crippen molar-refractivity contribution in [2.45, 2.75) is 5.33 Å². The third-order valence-electron chi connectivity index (χ3n) is 2.52. The van der Waals surface area contributed by atoms with Crippen molar-refractivity contribution in [1.82, 2.24) is 0 Å². The summed E-state index contributed by atoms with van der Waals surface area (Å²) in [5.74, 6) is 0.224. The number of nitro benzene ring substituents is 1. The first kappa shape index (κ1) is 14.7. The number of hydrogen-bond acceptors (Lipinski definition) is 3. The van der Waals surface area contributed by atoms with Gasteiger partial charge in [0.25, 0.3) is 5.69 Å². The monoisotopic (exact) mass is 359 g/mol. The lowest BCUT2D eigenvalue weighted by Gasteiger charge is -2.08. The van der Waals surface area contributed by atoms with E-state index in [9.17, 15) is 14.5 Å². The van der Waals surface area contributed by atoms with Crippen molar-refractivity contribution in [3.8, 4) is 11.5 Å². The van der Waals surface area contributed by atoms with Crippen LogP contribution in [0.2, 0.25) is 5.02 Å². The molecule has 0 bridgehead atoms. The summed E-state index contributed by atoms with van der Waals surface area (Å²) < 4.78 is 18.5. The molecule has 104 valence electrons. The second kappa shape index (κ2) is 6.19. The number of nitrogens with zero attached hydrogens (tertiary/aromatic N) is 1. The molecule has 0 radical (unpaired) electrons. The van der Waals surface area contributed by atoms with Crippen molar-refractivity contribution in [3.63, 3.8) is 0 Å². The molecule has 0 aromatic heterocycles. The van der Waals surface area contributed by atoms with Gasteiger partial charge in [-0.25, -0.2) is 4.39 Å². The van der Waals surface area contributed by atoms with Crippen LogP contribution in [0.4, 0.5) is 10.1 Å². The minimum absolute atomic E-state index is 0.00589. The van der Waals surface area contributed by atoms with Gasteiger partial charge in [0.15, 0.2) is 0 Å². The highest BCUT2D eigenvalue weighted by molar-refractivity contribution is 9.08. The van der Waals surface area contributed by atoms with Crippen molar-refractivity contribution in [2.24, 2.45) is 0 Å². The molecular formula is C13H8BrClFNO3. The van der Waals surface area contributed by atoms with Crippen molar-refractivity contribution < 1.29 is 14.1 Å². The van der Waals surface area contributed by atoms with Gasteiger partial charge in [-0.15, -0.1) is 0 Å². The molecule has 0 amide bonds. The van der Waals surface area contributed by atoms with Gasteiger partial charge in [-0.3, -0.25) is 10.1 Å². The van der Waals surface area contributed by atoms with Crippen LogP contribution in [-0.4, -0.2) is 4.92 Å². The molecule has 0 aliphatic heterocycles. The minimum Gasteiger partial charge on any atom is -0.457 e. The van der Waals surface area contributed by atoms with Crippen LogP contribution in [0.3, 0.4) is 0 Å². The Bertz CT molecular complexity index is 666. The summed E-state index contributed by atoms with van der Waals surface area (Å²) in [5, 5.41) is 11.1. The minimum atomic E-state index is -0.538. The first-order chi connectivity index (χ1) is 9.51. The molecule has 0 saturated heterocycles. The number of ether oxygens (including phenoxy) is 1. The van der Waals surface area contributed by atoms with Gasteiger partial charge in [0, 0.05) is 23.0 Å². The van der Waals surface area contributed by atoms with E-state index in [4.69, 9.17) is 16.3 Å². The zero-order valence-corrected chi connectivity index (χ0v) is 12.3. The molecule has 0 atom stereocenters. The van der Waals surface area contributed by atoms with Crippen molar-refractivity contribution >= 4 is 33.2 Å². The van der Waals surface area contributed by atoms with Crippen molar-refractivity contribution in [2.75, 3.05) is 0 Å². The number of halogens is 3. The fourth-order valence-electron chi connectivity index (χ4n) is 1.59. The summed E-state index contributed by atoms with van der Waals surface area (Å²) in [4.78, 5) is 10.4. The Morgan fingerprint density at radius 3 is 2.50 bits per heavy atom. The van der Waals surface area contributed by atoms with Crippen LogP contribution in [0.1, 0.15) is 5.56 Å². The molecule has 2 aromatic carbocycles. The van der Waals surface area contributed by atoms with Crippen LogP contribution >= 0.6 is 27.5 Å². The second-order valence-corrected chi connectivity index (χ2v) is 4.83. The Morgan fingerprint density at radius 2 is 1.90 bits per heavy atom. The van der Waals surface area contributed by atoms with Crippen LogP contribution in [0, 0.1) is 15.9 Å². The zero-order chi connectivity index (χ0) is 14.7. The van der Waals surface area contributed by atoms with E-state index in [2.05, 4.69) is 15.9 Å². The van der Waals surface area contributed by atoms with Gasteiger partial charge in [-0.2, -0.15) is 0 Å². The number of benzene rings is 2. The van der Waals surface area contributed by atoms with E-state index in [0.717, 1.165) is 0 Å². The highest BCUT2D eigenvalue weighted by atomic mass is 79.9. The van der Waals surface area contributed by atoms with Gasteiger partial charge < -0.3 is 4.74 Å². The second-order valence-electron chi connectivity index (χ2n) is 3.86. The average Bonchev–Trinajstić information content (AvgIpc) is 2.42. The number of hydrogen-bond donors (Lipinski definition) is 0. The predicted molar refractivity (Wildman–Crippen MR) is 77.2 cm³/mol. The lowest BCUT2D eigenvalue weighted by Crippen LogP contribution is -1.94. The van der Waals surface area contributed by atoms with Crippen LogP contribution in [0.25, 0.3) is 0 Å². The van der Waals surface area contributed by atoms with Gasteiger partial charge >= 0.3 is 0 Å². The fraction of sp³-hybridized carbons (Fsp3) is 0.0769. The maximum absolute atomic E-state index is 13.0. The maximum Gasteiger partial charge on any atom is 0.273 e. The van der Waals surface area contributed by atoms with E-state index in [-0.39, 0.29) is 10.7 Å². The summed E-state index contributed by atoms with van der Waals surface area (Å²) >= 11 is 8.84. The SMILES string of the molecule is O=[N+]([O-])c1ccc(Oc2ccc(F)c(Cl)c2)cc1CBr. The van der Waals surface area contributed by atoms with Gasteiger partial charge in [0.2, 0.25) is 0 Å². The van der Waals surface area contributed by atoms with Crippen LogP contribution < -0.4 is 4.74 Å². The molecule has 2 aromatic rings. The lowest BCUT2D eigenvalue weighted by molar-refractivity contribution is -0.385. The Hall–Kier alpha value is -1.66. The maximum atomic E-state index is 13.0. The summed E-state index contributed by atoms with van der Waals surface area (Å²) in [6.07, 6.45) is 0. The summed E-state index contributed by atoms with van der Waals surface area (Å²) in [6.45, 7) is 0. The van der Waals surface area contributed by atoms with E-state index in [1.807, 2.05) is 0 Å². The molecule has 0 aliphatic carbocycles. The number of rotatable bonds is 4. The molecular weight excluding hydrogens is 353 g/mol. The molecule has 0 aliphatic rings. The predicted octanol–water partition coefficient (Wildman–Crippen LogP) is 5.07. The summed E-state index contributed by atoms with van der Waals surface area (Å²) in [6, 6.07) is 8.33. The quantitative estimate of drug-likeness (QED) is 0.434. The van der Waals surface area contributed by atoms with E-state index in [0.29, 0.717) is 22.4 Å². The smallest absolute Gasteiger partial charge is 0.273 e. The standard InChI is InChI=1S/C13H8BrClFNO3/c14-7-8-5-9(2-4-13(8)17(18)19)20-10-1-3-12(16)11(15)6-10/h1-6H,7H2. The molecule has 0 heterocycles. The van der Waals surface area contributed by atoms with Crippen LogP contribution in [0.5, 0.6) is 11.5 Å². The molecule has 0 unspecified atom stereocenters. The Balaban J connectivity index is 2.29. The highest BCUT2D eigenvalue weighted by Crippen LogP contribution is 2.30. The van der Waals surface area contributed by atoms with Crippen LogP contribution in [0.15, 0.2) is 36.4 Å². The molecule has 0 saturated carbocycles. The third kappa shape index (κ3) is 3.26. The van der Waals surface area contributed by atoms with Crippen LogP contribution in [-0.2, 0) is 5.33 Å². The van der Waals surface area contributed by atoms with Gasteiger partial charge in [0.05, 0.1) is 9.95 Å². The van der Waals surface area contributed by atoms with Crippen molar-refractivity contribution in [3.05, 3.63) is 62.9 Å². The topological polar surface area (TPSA) is 52.4 Å². The van der Waals surface area contributed by atoms with E-state index < -0.39 is 10.7 Å². The molecule has 7 heteroatoms. The molecule has 20 heavy (non-hydrogen) atoms.